The monoisotopic (exact) mass is 328 g/mol. The minimum atomic E-state index is 0.516. The Balaban J connectivity index is 1.92. The van der Waals surface area contributed by atoms with E-state index in [4.69, 9.17) is 10.2 Å². The fraction of sp³-hybridized carbons (Fsp3) is 0.421. The lowest BCUT2D eigenvalue weighted by Crippen LogP contribution is -2.32. The van der Waals surface area contributed by atoms with Gasteiger partial charge in [-0.1, -0.05) is 37.6 Å². The van der Waals surface area contributed by atoms with E-state index >= 15 is 0 Å². The molecule has 24 heavy (non-hydrogen) atoms. The quantitative estimate of drug-likeness (QED) is 0.422. The summed E-state index contributed by atoms with van der Waals surface area (Å²) in [5, 5.41) is 3.15. The van der Waals surface area contributed by atoms with Crippen LogP contribution in [0.25, 0.3) is 0 Å². The summed E-state index contributed by atoms with van der Waals surface area (Å²) in [4.78, 5) is 6.68. The molecule has 2 rings (SSSR count). The largest absolute Gasteiger partial charge is 0.468 e. The molecule has 1 heterocycles. The van der Waals surface area contributed by atoms with E-state index in [1.807, 2.05) is 18.2 Å². The van der Waals surface area contributed by atoms with Crippen LogP contribution in [0, 0.1) is 0 Å². The van der Waals surface area contributed by atoms with Crippen LogP contribution in [0.1, 0.15) is 36.7 Å². The van der Waals surface area contributed by atoms with Gasteiger partial charge in [0.2, 0.25) is 0 Å². The van der Waals surface area contributed by atoms with Crippen LogP contribution in [0.4, 0.5) is 0 Å². The Kier molecular flexibility index (Phi) is 7.36. The van der Waals surface area contributed by atoms with E-state index in [0.717, 1.165) is 38.2 Å². The van der Waals surface area contributed by atoms with Gasteiger partial charge in [0.05, 0.1) is 19.4 Å². The second-order valence-electron chi connectivity index (χ2n) is 6.00. The van der Waals surface area contributed by atoms with Crippen molar-refractivity contribution in [3.63, 3.8) is 0 Å². The summed E-state index contributed by atoms with van der Waals surface area (Å²) in [6, 6.07) is 12.3. The summed E-state index contributed by atoms with van der Waals surface area (Å²) in [5.74, 6) is 1.49. The second kappa shape index (κ2) is 9.78. The SMILES string of the molecule is CCCCNC(N)=NCc1ccccc1CN(C)Cc1ccco1. The summed E-state index contributed by atoms with van der Waals surface area (Å²) in [7, 11) is 2.09. The number of nitrogens with one attached hydrogen (secondary N) is 1. The van der Waals surface area contributed by atoms with Crippen LogP contribution in [0.2, 0.25) is 0 Å². The van der Waals surface area contributed by atoms with Crippen LogP contribution < -0.4 is 11.1 Å². The first-order valence-electron chi connectivity index (χ1n) is 8.50. The van der Waals surface area contributed by atoms with E-state index in [1.165, 1.54) is 11.1 Å². The minimum Gasteiger partial charge on any atom is -0.468 e. The van der Waals surface area contributed by atoms with Gasteiger partial charge in [-0.05, 0) is 36.7 Å². The predicted octanol–water partition coefficient (Wildman–Crippen LogP) is 3.12. The van der Waals surface area contributed by atoms with Crippen molar-refractivity contribution in [1.29, 1.82) is 0 Å². The van der Waals surface area contributed by atoms with Crippen molar-refractivity contribution in [2.75, 3.05) is 13.6 Å². The summed E-state index contributed by atoms with van der Waals surface area (Å²) in [6.45, 7) is 5.25. The number of nitrogens with zero attached hydrogens (tertiary/aromatic N) is 2. The van der Waals surface area contributed by atoms with Gasteiger partial charge in [-0.3, -0.25) is 4.90 Å². The first kappa shape index (κ1) is 18.1. The first-order valence-corrected chi connectivity index (χ1v) is 8.50. The molecule has 0 aliphatic heterocycles. The highest BCUT2D eigenvalue weighted by Gasteiger charge is 2.07. The number of aliphatic imine (C=N–C) groups is 1. The Hall–Kier alpha value is -2.27. The molecule has 0 saturated carbocycles. The van der Waals surface area contributed by atoms with Gasteiger partial charge in [0.1, 0.15) is 5.76 Å². The Morgan fingerprint density at radius 2 is 1.96 bits per heavy atom. The zero-order valence-corrected chi connectivity index (χ0v) is 14.7. The molecule has 0 radical (unpaired) electrons. The number of benzene rings is 1. The molecule has 0 saturated heterocycles. The van der Waals surface area contributed by atoms with Gasteiger partial charge >= 0.3 is 0 Å². The van der Waals surface area contributed by atoms with Crippen LogP contribution in [0.15, 0.2) is 52.1 Å². The molecule has 0 bridgehead atoms. The highest BCUT2D eigenvalue weighted by atomic mass is 16.3. The van der Waals surface area contributed by atoms with Gasteiger partial charge in [-0.25, -0.2) is 4.99 Å². The van der Waals surface area contributed by atoms with Crippen LogP contribution in [-0.4, -0.2) is 24.5 Å². The number of hydrogen-bond donors (Lipinski definition) is 2. The molecular weight excluding hydrogens is 300 g/mol. The van der Waals surface area contributed by atoms with E-state index in [2.05, 4.69) is 47.4 Å². The van der Waals surface area contributed by atoms with Gasteiger partial charge in [-0.2, -0.15) is 0 Å². The number of furan rings is 1. The molecule has 0 spiro atoms. The molecular formula is C19H28N4O. The summed E-state index contributed by atoms with van der Waals surface area (Å²) in [5.41, 5.74) is 8.38. The van der Waals surface area contributed by atoms with E-state index < -0.39 is 0 Å². The van der Waals surface area contributed by atoms with Gasteiger partial charge in [-0.15, -0.1) is 0 Å². The molecule has 5 nitrogen and oxygen atoms in total. The molecule has 1 aromatic carbocycles. The van der Waals surface area contributed by atoms with Gasteiger partial charge in [0.15, 0.2) is 5.96 Å². The van der Waals surface area contributed by atoms with Crippen LogP contribution >= 0.6 is 0 Å². The smallest absolute Gasteiger partial charge is 0.188 e. The van der Waals surface area contributed by atoms with Crippen LogP contribution in [0.5, 0.6) is 0 Å². The van der Waals surface area contributed by atoms with Crippen molar-refractivity contribution < 1.29 is 4.42 Å². The molecule has 0 fully saturated rings. The van der Waals surface area contributed by atoms with Crippen molar-refractivity contribution in [2.24, 2.45) is 10.7 Å². The molecule has 0 atom stereocenters. The van der Waals surface area contributed by atoms with Gasteiger partial charge in [0, 0.05) is 13.1 Å². The predicted molar refractivity (Wildman–Crippen MR) is 98.6 cm³/mol. The van der Waals surface area contributed by atoms with E-state index in [-0.39, 0.29) is 0 Å². The molecule has 3 N–H and O–H groups in total. The molecule has 0 amide bonds. The lowest BCUT2D eigenvalue weighted by atomic mass is 10.1. The fourth-order valence-corrected chi connectivity index (χ4v) is 2.50. The summed E-state index contributed by atoms with van der Waals surface area (Å²) >= 11 is 0. The Morgan fingerprint density at radius 1 is 1.17 bits per heavy atom. The third-order valence-corrected chi connectivity index (χ3v) is 3.82. The summed E-state index contributed by atoms with van der Waals surface area (Å²) < 4.78 is 5.41. The average Bonchev–Trinajstić information content (AvgIpc) is 3.07. The molecule has 0 aliphatic carbocycles. The molecule has 1 aromatic heterocycles. The third-order valence-electron chi connectivity index (χ3n) is 3.82. The van der Waals surface area contributed by atoms with Crippen molar-refractivity contribution in [1.82, 2.24) is 10.2 Å². The van der Waals surface area contributed by atoms with E-state index in [1.54, 1.807) is 6.26 Å². The molecule has 0 unspecified atom stereocenters. The van der Waals surface area contributed by atoms with Crippen LogP contribution in [0.3, 0.4) is 0 Å². The van der Waals surface area contributed by atoms with E-state index in [9.17, 15) is 0 Å². The van der Waals surface area contributed by atoms with Crippen molar-refractivity contribution in [2.45, 2.75) is 39.4 Å². The normalized spacial score (nSPS) is 11.9. The number of guanidine groups is 1. The third kappa shape index (κ3) is 6.08. The lowest BCUT2D eigenvalue weighted by molar-refractivity contribution is 0.287. The molecule has 130 valence electrons. The maximum Gasteiger partial charge on any atom is 0.188 e. The maximum atomic E-state index is 5.92. The zero-order valence-electron chi connectivity index (χ0n) is 14.7. The van der Waals surface area contributed by atoms with Crippen molar-refractivity contribution in [3.8, 4) is 0 Å². The lowest BCUT2D eigenvalue weighted by Gasteiger charge is -2.17. The van der Waals surface area contributed by atoms with Gasteiger partial charge in [0.25, 0.3) is 0 Å². The van der Waals surface area contributed by atoms with Crippen molar-refractivity contribution in [3.05, 3.63) is 59.5 Å². The Bertz CT molecular complexity index is 622. The van der Waals surface area contributed by atoms with E-state index in [0.29, 0.717) is 12.5 Å². The topological polar surface area (TPSA) is 66.8 Å². The van der Waals surface area contributed by atoms with Crippen molar-refractivity contribution >= 4 is 5.96 Å². The fourth-order valence-electron chi connectivity index (χ4n) is 2.50. The standard InChI is InChI=1S/C19H28N4O/c1-3-4-11-21-19(20)22-13-16-8-5-6-9-17(16)14-23(2)15-18-10-7-12-24-18/h5-10,12H,3-4,11,13-15H2,1-2H3,(H3,20,21,22). The summed E-state index contributed by atoms with van der Waals surface area (Å²) in [6.07, 6.45) is 3.95. The molecule has 2 aromatic rings. The Morgan fingerprint density at radius 3 is 2.67 bits per heavy atom. The number of unbranched alkanes of at least 4 members (excludes halogenated alkanes) is 1. The maximum absolute atomic E-state index is 5.92. The molecule has 5 heteroatoms. The number of nitrogens with two attached hydrogens (primary N) is 1. The Labute approximate surface area is 144 Å². The second-order valence-corrected chi connectivity index (χ2v) is 6.00. The van der Waals surface area contributed by atoms with Crippen LogP contribution in [-0.2, 0) is 19.6 Å². The number of hydrogen-bond acceptors (Lipinski definition) is 3. The molecule has 0 aliphatic rings. The highest BCUT2D eigenvalue weighted by Crippen LogP contribution is 2.14. The first-order chi connectivity index (χ1) is 11.7. The number of rotatable bonds is 9. The van der Waals surface area contributed by atoms with Gasteiger partial charge < -0.3 is 15.5 Å². The zero-order chi connectivity index (χ0) is 17.2. The minimum absolute atomic E-state index is 0.516. The average molecular weight is 328 g/mol. The highest BCUT2D eigenvalue weighted by molar-refractivity contribution is 5.77.